The summed E-state index contributed by atoms with van der Waals surface area (Å²) < 4.78 is 17.4. The molecule has 0 amide bonds. The molecule has 4 nitrogen and oxygen atoms in total. The lowest BCUT2D eigenvalue weighted by molar-refractivity contribution is -0.261. The molecule has 4 aliphatic rings. The topological polar surface area (TPSA) is 44.8 Å². The first kappa shape index (κ1) is 19.7. The molecule has 27 heavy (non-hydrogen) atoms. The van der Waals surface area contributed by atoms with Crippen molar-refractivity contribution in [1.82, 2.24) is 0 Å². The van der Waals surface area contributed by atoms with Crippen molar-refractivity contribution in [3.63, 3.8) is 0 Å². The Kier molecular flexibility index (Phi) is 4.91. The molecule has 0 N–H and O–H groups in total. The van der Waals surface area contributed by atoms with Gasteiger partial charge in [-0.1, -0.05) is 13.8 Å². The van der Waals surface area contributed by atoms with Crippen LogP contribution in [0.3, 0.4) is 0 Å². The molecule has 154 valence electrons. The van der Waals surface area contributed by atoms with E-state index >= 15 is 0 Å². The largest absolute Gasteiger partial charge is 0.462 e. The molecule has 0 saturated heterocycles. The lowest BCUT2D eigenvalue weighted by Gasteiger charge is -2.62. The molecule has 0 spiro atoms. The van der Waals surface area contributed by atoms with E-state index in [-0.39, 0.29) is 23.3 Å². The quantitative estimate of drug-likeness (QED) is 0.515. The molecular formula is C23H38O4. The Bertz CT molecular complexity index is 585. The summed E-state index contributed by atoms with van der Waals surface area (Å²) in [5.41, 5.74) is 0.595. The van der Waals surface area contributed by atoms with Crippen molar-refractivity contribution in [3.05, 3.63) is 0 Å². The van der Waals surface area contributed by atoms with Gasteiger partial charge < -0.3 is 14.2 Å². The van der Waals surface area contributed by atoms with Crippen LogP contribution in [0.15, 0.2) is 0 Å². The summed E-state index contributed by atoms with van der Waals surface area (Å²) >= 11 is 0. The van der Waals surface area contributed by atoms with Gasteiger partial charge in [-0.3, -0.25) is 4.79 Å². The number of carbonyl (C=O) groups is 1. The third-order valence-corrected chi connectivity index (χ3v) is 9.63. The predicted octanol–water partition coefficient (Wildman–Crippen LogP) is 4.95. The maximum absolute atomic E-state index is 11.6. The van der Waals surface area contributed by atoms with E-state index in [4.69, 9.17) is 14.2 Å². The fourth-order valence-corrected chi connectivity index (χ4v) is 8.00. The summed E-state index contributed by atoms with van der Waals surface area (Å²) in [5.74, 6) is 2.54. The van der Waals surface area contributed by atoms with Crippen molar-refractivity contribution < 1.29 is 19.0 Å². The second-order valence-electron chi connectivity index (χ2n) is 10.4. The van der Waals surface area contributed by atoms with Crippen LogP contribution < -0.4 is 0 Å². The molecule has 4 heteroatoms. The molecule has 4 saturated carbocycles. The van der Waals surface area contributed by atoms with Crippen molar-refractivity contribution in [2.45, 2.75) is 90.4 Å². The zero-order valence-electron chi connectivity index (χ0n) is 17.9. The van der Waals surface area contributed by atoms with Crippen LogP contribution in [0.1, 0.15) is 78.6 Å². The Morgan fingerprint density at radius 3 is 2.22 bits per heavy atom. The first-order chi connectivity index (χ1) is 12.8. The molecule has 0 aromatic carbocycles. The maximum Gasteiger partial charge on any atom is 0.302 e. The summed E-state index contributed by atoms with van der Waals surface area (Å²) in [6.07, 6.45) is 10.8. The minimum atomic E-state index is -0.367. The number of hydrogen-bond donors (Lipinski definition) is 0. The monoisotopic (exact) mass is 378 g/mol. The molecule has 0 aromatic rings. The molecule has 4 fully saturated rings. The predicted molar refractivity (Wildman–Crippen MR) is 104 cm³/mol. The highest BCUT2D eigenvalue weighted by molar-refractivity contribution is 5.66. The molecule has 4 rings (SSSR count). The number of esters is 1. The van der Waals surface area contributed by atoms with Gasteiger partial charge in [-0.05, 0) is 74.0 Å². The Morgan fingerprint density at radius 2 is 1.56 bits per heavy atom. The van der Waals surface area contributed by atoms with Crippen LogP contribution in [0.2, 0.25) is 0 Å². The number of carbonyl (C=O) groups excluding carboxylic acids is 1. The van der Waals surface area contributed by atoms with Crippen LogP contribution in [0.5, 0.6) is 0 Å². The Balaban J connectivity index is 1.55. The average molecular weight is 379 g/mol. The van der Waals surface area contributed by atoms with Crippen LogP contribution in [-0.4, -0.2) is 32.1 Å². The third kappa shape index (κ3) is 2.88. The van der Waals surface area contributed by atoms with Crippen LogP contribution in [0.4, 0.5) is 0 Å². The Morgan fingerprint density at radius 1 is 0.852 bits per heavy atom. The zero-order chi connectivity index (χ0) is 19.4. The van der Waals surface area contributed by atoms with Gasteiger partial charge in [0, 0.05) is 39.4 Å². The van der Waals surface area contributed by atoms with E-state index in [1.807, 2.05) is 0 Å². The van der Waals surface area contributed by atoms with Crippen LogP contribution in [0.25, 0.3) is 0 Å². The van der Waals surface area contributed by atoms with Crippen LogP contribution in [-0.2, 0) is 19.0 Å². The van der Waals surface area contributed by atoms with Gasteiger partial charge in [0.2, 0.25) is 0 Å². The Hall–Kier alpha value is -0.610. The zero-order valence-corrected chi connectivity index (χ0v) is 17.9. The summed E-state index contributed by atoms with van der Waals surface area (Å²) in [6, 6.07) is 0. The van der Waals surface area contributed by atoms with E-state index in [0.29, 0.717) is 11.3 Å². The van der Waals surface area contributed by atoms with Crippen LogP contribution >= 0.6 is 0 Å². The van der Waals surface area contributed by atoms with Crippen molar-refractivity contribution in [2.75, 3.05) is 14.2 Å². The van der Waals surface area contributed by atoms with Gasteiger partial charge >= 0.3 is 5.97 Å². The van der Waals surface area contributed by atoms with Gasteiger partial charge in [0.25, 0.3) is 0 Å². The van der Waals surface area contributed by atoms with Gasteiger partial charge in [-0.15, -0.1) is 0 Å². The van der Waals surface area contributed by atoms with Crippen molar-refractivity contribution in [1.29, 1.82) is 0 Å². The highest BCUT2D eigenvalue weighted by Crippen LogP contribution is 2.67. The standard InChI is InChI=1S/C23H38O4/c1-15(24)27-20-9-8-18-17-7-6-16-14-23(25-4,26-5)13-12-21(16,2)19(17)10-11-22(18,20)3/h16-20H,6-14H2,1-5H3/t16-,17+,18+,19+,20-,21-,22-/m0/s1. The highest BCUT2D eigenvalue weighted by Gasteiger charge is 2.62. The minimum Gasteiger partial charge on any atom is -0.462 e. The van der Waals surface area contributed by atoms with E-state index in [1.165, 1.54) is 38.5 Å². The molecular weight excluding hydrogens is 340 g/mol. The van der Waals surface area contributed by atoms with Gasteiger partial charge in [-0.2, -0.15) is 0 Å². The molecule has 0 heterocycles. The van der Waals surface area contributed by atoms with E-state index in [2.05, 4.69) is 13.8 Å². The normalized spacial score (nSPS) is 48.3. The molecule has 0 unspecified atom stereocenters. The first-order valence-corrected chi connectivity index (χ1v) is 11.1. The molecule has 0 aromatic heterocycles. The molecule has 0 radical (unpaired) electrons. The lowest BCUT2D eigenvalue weighted by Crippen LogP contribution is -2.57. The van der Waals surface area contributed by atoms with E-state index in [0.717, 1.165) is 37.0 Å². The third-order valence-electron chi connectivity index (χ3n) is 9.63. The number of fused-ring (bicyclic) bond motifs is 5. The van der Waals surface area contributed by atoms with E-state index in [1.54, 1.807) is 21.1 Å². The van der Waals surface area contributed by atoms with E-state index < -0.39 is 0 Å². The lowest BCUT2D eigenvalue weighted by atomic mass is 9.45. The van der Waals surface area contributed by atoms with Gasteiger partial charge in [0.15, 0.2) is 5.79 Å². The number of rotatable bonds is 3. The summed E-state index contributed by atoms with van der Waals surface area (Å²) in [7, 11) is 3.61. The molecule has 0 bridgehead atoms. The van der Waals surface area contributed by atoms with Crippen molar-refractivity contribution in [2.24, 2.45) is 34.5 Å². The van der Waals surface area contributed by atoms with Crippen LogP contribution in [0, 0.1) is 34.5 Å². The fraction of sp³-hybridized carbons (Fsp3) is 0.957. The molecule has 0 aliphatic heterocycles. The maximum atomic E-state index is 11.6. The molecule has 7 atom stereocenters. The Labute approximate surface area is 164 Å². The second-order valence-corrected chi connectivity index (χ2v) is 10.4. The SMILES string of the molecule is COC1(OC)CC[C@@]2(C)[C@@H](CC[C@H]3[C@H]2CC[C@]2(C)[C@@H](OC(C)=O)CC[C@H]32)C1. The number of methoxy groups -OCH3 is 2. The summed E-state index contributed by atoms with van der Waals surface area (Å²) in [4.78, 5) is 11.6. The van der Waals surface area contributed by atoms with Gasteiger partial charge in [-0.25, -0.2) is 0 Å². The average Bonchev–Trinajstić information content (AvgIpc) is 2.97. The summed E-state index contributed by atoms with van der Waals surface area (Å²) in [5, 5.41) is 0. The fourth-order valence-electron chi connectivity index (χ4n) is 8.00. The molecule has 4 aliphatic carbocycles. The first-order valence-electron chi connectivity index (χ1n) is 11.1. The minimum absolute atomic E-state index is 0.109. The van der Waals surface area contributed by atoms with Gasteiger partial charge in [0.1, 0.15) is 6.10 Å². The smallest absolute Gasteiger partial charge is 0.302 e. The summed E-state index contributed by atoms with van der Waals surface area (Å²) in [6.45, 7) is 6.53. The second kappa shape index (κ2) is 6.73. The number of ether oxygens (including phenoxy) is 3. The van der Waals surface area contributed by atoms with Crippen molar-refractivity contribution >= 4 is 5.97 Å². The van der Waals surface area contributed by atoms with Gasteiger partial charge in [0.05, 0.1) is 0 Å². The van der Waals surface area contributed by atoms with Crippen molar-refractivity contribution in [3.8, 4) is 0 Å². The van der Waals surface area contributed by atoms with E-state index in [9.17, 15) is 4.79 Å². The highest BCUT2D eigenvalue weighted by atomic mass is 16.7. The number of hydrogen-bond acceptors (Lipinski definition) is 4.